The fourth-order valence-corrected chi connectivity index (χ4v) is 2.96. The van der Waals surface area contributed by atoms with E-state index in [9.17, 15) is 4.79 Å². The number of unbranched alkanes of at least 4 members (excludes halogenated alkanes) is 1. The minimum absolute atomic E-state index is 0.0293. The molecular weight excluding hydrogens is 424 g/mol. The molecular formula is C22H22N8O3. The maximum atomic E-state index is 13.1. The average molecular weight is 446 g/mol. The highest BCUT2D eigenvalue weighted by Gasteiger charge is 2.25. The van der Waals surface area contributed by atoms with E-state index in [0.717, 1.165) is 24.2 Å². The number of aromatic nitrogens is 5. The number of benzene rings is 2. The number of nitrogen functional groups attached to an aromatic ring is 1. The van der Waals surface area contributed by atoms with Crippen molar-refractivity contribution < 1.29 is 14.2 Å². The van der Waals surface area contributed by atoms with Gasteiger partial charge in [0, 0.05) is 5.56 Å². The van der Waals surface area contributed by atoms with E-state index in [1.54, 1.807) is 0 Å². The molecule has 1 amide bonds. The summed E-state index contributed by atoms with van der Waals surface area (Å²) in [5, 5.41) is 19.5. The van der Waals surface area contributed by atoms with Crippen molar-refractivity contribution in [2.45, 2.75) is 19.8 Å². The molecule has 0 atom stereocenters. The smallest absolute Gasteiger partial charge is 0.292 e. The number of rotatable bonds is 9. The fourth-order valence-electron chi connectivity index (χ4n) is 2.96. The molecule has 0 bridgehead atoms. The highest BCUT2D eigenvalue weighted by Crippen LogP contribution is 2.24. The number of hydrogen-bond acceptors (Lipinski definition) is 9. The first kappa shape index (κ1) is 21.7. The van der Waals surface area contributed by atoms with Crippen LogP contribution in [-0.2, 0) is 0 Å². The first-order valence-electron chi connectivity index (χ1n) is 10.3. The van der Waals surface area contributed by atoms with E-state index in [-0.39, 0.29) is 17.3 Å². The molecule has 4 aromatic rings. The second-order valence-corrected chi connectivity index (χ2v) is 7.01. The van der Waals surface area contributed by atoms with Crippen LogP contribution in [0.1, 0.15) is 35.8 Å². The first-order valence-corrected chi connectivity index (χ1v) is 10.3. The predicted molar refractivity (Wildman–Crippen MR) is 121 cm³/mol. The molecule has 0 aliphatic rings. The lowest BCUT2D eigenvalue weighted by molar-refractivity contribution is 0.0948. The van der Waals surface area contributed by atoms with E-state index in [1.807, 2.05) is 54.6 Å². The Labute approximate surface area is 189 Å². The van der Waals surface area contributed by atoms with Gasteiger partial charge < -0.3 is 10.5 Å². The van der Waals surface area contributed by atoms with Gasteiger partial charge in [-0.05, 0) is 46.6 Å². The zero-order chi connectivity index (χ0) is 23.0. The Morgan fingerprint density at radius 3 is 2.67 bits per heavy atom. The molecule has 0 fully saturated rings. The molecule has 2 heterocycles. The van der Waals surface area contributed by atoms with Crippen LogP contribution in [0.25, 0.3) is 17.1 Å². The Morgan fingerprint density at radius 1 is 1.18 bits per heavy atom. The molecule has 3 N–H and O–H groups in total. The van der Waals surface area contributed by atoms with E-state index >= 15 is 0 Å². The van der Waals surface area contributed by atoms with Gasteiger partial charge in [-0.3, -0.25) is 4.79 Å². The number of amides is 1. The van der Waals surface area contributed by atoms with E-state index in [4.69, 9.17) is 10.5 Å². The molecule has 168 valence electrons. The molecule has 0 radical (unpaired) electrons. The van der Waals surface area contributed by atoms with Crippen molar-refractivity contribution in [1.82, 2.24) is 30.7 Å². The molecule has 33 heavy (non-hydrogen) atoms. The lowest BCUT2D eigenvalue weighted by Gasteiger charge is -2.05. The third-order valence-corrected chi connectivity index (χ3v) is 4.66. The van der Waals surface area contributed by atoms with Crippen LogP contribution < -0.4 is 15.9 Å². The molecule has 0 unspecified atom stereocenters. The van der Waals surface area contributed by atoms with Crippen LogP contribution in [0.15, 0.2) is 64.3 Å². The minimum Gasteiger partial charge on any atom is -0.494 e. The van der Waals surface area contributed by atoms with Gasteiger partial charge in [0.25, 0.3) is 5.91 Å². The summed E-state index contributed by atoms with van der Waals surface area (Å²) >= 11 is 0. The second kappa shape index (κ2) is 10.2. The Kier molecular flexibility index (Phi) is 6.69. The summed E-state index contributed by atoms with van der Waals surface area (Å²) in [5.41, 5.74) is 10.2. The summed E-state index contributed by atoms with van der Waals surface area (Å²) in [4.78, 5) is 13.1. The predicted octanol–water partition coefficient (Wildman–Crippen LogP) is 2.84. The Bertz CT molecular complexity index is 1230. The zero-order valence-electron chi connectivity index (χ0n) is 17.9. The summed E-state index contributed by atoms with van der Waals surface area (Å²) in [6, 6.07) is 16.5. The molecule has 11 nitrogen and oxygen atoms in total. The third-order valence-electron chi connectivity index (χ3n) is 4.66. The van der Waals surface area contributed by atoms with Crippen LogP contribution in [0.2, 0.25) is 0 Å². The summed E-state index contributed by atoms with van der Waals surface area (Å²) < 4.78 is 11.5. The maximum Gasteiger partial charge on any atom is 0.292 e. The standard InChI is InChI=1S/C22H22N8O3/c1-2-3-13-32-17-11-9-15(10-12-17)14-24-26-22(31)19-18(16-7-5-4-6-8-16)25-29-30(19)21-20(23)27-33-28-21/h4-12,14H,2-3,13H2,1H3,(H2,23,27)(H,26,31)/b24-14+. The van der Waals surface area contributed by atoms with E-state index < -0.39 is 5.91 Å². The van der Waals surface area contributed by atoms with Gasteiger partial charge in [-0.1, -0.05) is 48.9 Å². The molecule has 0 spiro atoms. The van der Waals surface area contributed by atoms with Gasteiger partial charge in [-0.15, -0.1) is 5.10 Å². The van der Waals surface area contributed by atoms with Crippen molar-refractivity contribution in [2.24, 2.45) is 5.10 Å². The Hall–Kier alpha value is -4.54. The fraction of sp³-hybridized carbons (Fsp3) is 0.182. The van der Waals surface area contributed by atoms with Crippen molar-refractivity contribution in [3.63, 3.8) is 0 Å². The summed E-state index contributed by atoms with van der Waals surface area (Å²) in [5.74, 6) is 0.249. The van der Waals surface area contributed by atoms with Crippen molar-refractivity contribution in [3.8, 4) is 22.8 Å². The number of carbonyl (C=O) groups is 1. The van der Waals surface area contributed by atoms with Gasteiger partial charge in [0.05, 0.1) is 12.8 Å². The molecule has 0 aliphatic carbocycles. The quantitative estimate of drug-likeness (QED) is 0.227. The number of hydrogen-bond donors (Lipinski definition) is 2. The molecule has 0 saturated carbocycles. The van der Waals surface area contributed by atoms with Crippen LogP contribution in [-0.4, -0.2) is 44.0 Å². The minimum atomic E-state index is -0.558. The third kappa shape index (κ3) is 5.03. The first-order chi connectivity index (χ1) is 16.2. The van der Waals surface area contributed by atoms with Crippen LogP contribution >= 0.6 is 0 Å². The number of nitrogens with two attached hydrogens (primary N) is 1. The highest BCUT2D eigenvalue weighted by molar-refractivity contribution is 5.99. The van der Waals surface area contributed by atoms with Gasteiger partial charge in [0.1, 0.15) is 11.4 Å². The van der Waals surface area contributed by atoms with Crippen LogP contribution in [0.5, 0.6) is 5.75 Å². The van der Waals surface area contributed by atoms with Gasteiger partial charge in [0.15, 0.2) is 5.69 Å². The van der Waals surface area contributed by atoms with Crippen LogP contribution in [0, 0.1) is 0 Å². The molecule has 2 aromatic carbocycles. The number of carbonyl (C=O) groups excluding carboxylic acids is 1. The Morgan fingerprint density at radius 2 is 1.97 bits per heavy atom. The number of nitrogens with one attached hydrogen (secondary N) is 1. The number of ether oxygens (including phenoxy) is 1. The summed E-state index contributed by atoms with van der Waals surface area (Å²) in [7, 11) is 0. The van der Waals surface area contributed by atoms with Crippen molar-refractivity contribution in [3.05, 3.63) is 65.9 Å². The van der Waals surface area contributed by atoms with Crippen molar-refractivity contribution in [1.29, 1.82) is 0 Å². The number of hydrazone groups is 1. The van der Waals surface area contributed by atoms with Gasteiger partial charge in [0.2, 0.25) is 11.6 Å². The number of nitrogens with zero attached hydrogens (tertiary/aromatic N) is 6. The highest BCUT2D eigenvalue weighted by atomic mass is 16.6. The van der Waals surface area contributed by atoms with Crippen LogP contribution in [0.3, 0.4) is 0 Å². The normalized spacial score (nSPS) is 11.1. The van der Waals surface area contributed by atoms with Gasteiger partial charge >= 0.3 is 0 Å². The SMILES string of the molecule is CCCCOc1ccc(/C=N/NC(=O)c2c(-c3ccccc3)nnn2-c2nonc2N)cc1. The molecule has 0 saturated heterocycles. The van der Waals surface area contributed by atoms with E-state index in [1.165, 1.54) is 10.9 Å². The molecule has 0 aliphatic heterocycles. The average Bonchev–Trinajstić information content (AvgIpc) is 3.47. The van der Waals surface area contributed by atoms with E-state index in [2.05, 4.69) is 42.7 Å². The molecule has 4 rings (SSSR count). The van der Waals surface area contributed by atoms with Crippen molar-refractivity contribution >= 4 is 17.9 Å². The largest absolute Gasteiger partial charge is 0.494 e. The number of anilines is 1. The summed E-state index contributed by atoms with van der Waals surface area (Å²) in [6.45, 7) is 2.79. The summed E-state index contributed by atoms with van der Waals surface area (Å²) in [6.07, 6.45) is 3.60. The molecule has 2 aromatic heterocycles. The Balaban J connectivity index is 1.54. The van der Waals surface area contributed by atoms with Crippen molar-refractivity contribution in [2.75, 3.05) is 12.3 Å². The monoisotopic (exact) mass is 446 g/mol. The van der Waals surface area contributed by atoms with Gasteiger partial charge in [-0.2, -0.15) is 9.78 Å². The topological polar surface area (TPSA) is 146 Å². The second-order valence-electron chi connectivity index (χ2n) is 7.01. The maximum absolute atomic E-state index is 13.1. The zero-order valence-corrected chi connectivity index (χ0v) is 17.9. The van der Waals surface area contributed by atoms with Crippen LogP contribution in [0.4, 0.5) is 5.82 Å². The van der Waals surface area contributed by atoms with Gasteiger partial charge in [-0.25, -0.2) is 10.1 Å². The lowest BCUT2D eigenvalue weighted by atomic mass is 10.1. The molecule has 11 heteroatoms. The lowest BCUT2D eigenvalue weighted by Crippen LogP contribution is -2.22. The van der Waals surface area contributed by atoms with E-state index in [0.29, 0.717) is 17.9 Å².